The molecule has 2 heterocycles. The molecule has 2 aromatic heterocycles. The first-order valence-electron chi connectivity index (χ1n) is 7.70. The molecule has 1 aliphatic rings. The number of hydrogen-bond acceptors (Lipinski definition) is 3. The lowest BCUT2D eigenvalue weighted by atomic mass is 9.98. The van der Waals surface area contributed by atoms with Crippen molar-refractivity contribution in [2.75, 3.05) is 5.32 Å². The number of hydrogen-bond donors (Lipinski definition) is 3. The molecule has 112 valence electrons. The number of nitrogens with one attached hydrogen (secondary N) is 3. The number of H-pyrrole nitrogens is 2. The lowest BCUT2D eigenvalue weighted by Gasteiger charge is -2.21. The van der Waals surface area contributed by atoms with E-state index in [9.17, 15) is 0 Å². The van der Waals surface area contributed by atoms with E-state index in [1.807, 2.05) is 12.4 Å². The summed E-state index contributed by atoms with van der Waals surface area (Å²) >= 11 is 0. The molecular formula is C17H19N5. The van der Waals surface area contributed by atoms with Crippen molar-refractivity contribution in [3.05, 3.63) is 53.5 Å². The highest BCUT2D eigenvalue weighted by atomic mass is 15.1. The van der Waals surface area contributed by atoms with Gasteiger partial charge in [0.1, 0.15) is 0 Å². The van der Waals surface area contributed by atoms with Crippen LogP contribution in [0.15, 0.2) is 42.2 Å². The lowest BCUT2D eigenvalue weighted by Crippen LogP contribution is -2.13. The molecule has 1 aromatic carbocycles. The Morgan fingerprint density at radius 3 is 2.86 bits per heavy atom. The first kappa shape index (κ1) is 13.1. The molecule has 1 aliphatic carbocycles. The molecule has 5 heteroatoms. The number of aromatic nitrogens is 4. The maximum Gasteiger partial charge on any atom is 0.0760 e. The van der Waals surface area contributed by atoms with E-state index in [2.05, 4.69) is 56.9 Å². The van der Waals surface area contributed by atoms with E-state index in [1.165, 1.54) is 24.0 Å². The Balaban J connectivity index is 1.70. The normalized spacial score (nSPS) is 16.0. The summed E-state index contributed by atoms with van der Waals surface area (Å²) in [5.41, 5.74) is 5.96. The van der Waals surface area contributed by atoms with Gasteiger partial charge in [0, 0.05) is 22.3 Å². The Bertz CT molecular complexity index is 826. The summed E-state index contributed by atoms with van der Waals surface area (Å²) in [4.78, 5) is 0. The molecule has 0 spiro atoms. The van der Waals surface area contributed by atoms with Gasteiger partial charge in [0.05, 0.1) is 24.0 Å². The molecule has 1 unspecified atom stereocenters. The smallest absolute Gasteiger partial charge is 0.0760 e. The van der Waals surface area contributed by atoms with Gasteiger partial charge in [0.15, 0.2) is 0 Å². The third-order valence-electron chi connectivity index (χ3n) is 4.38. The van der Waals surface area contributed by atoms with Gasteiger partial charge in [0.25, 0.3) is 0 Å². The molecule has 3 aromatic rings. The van der Waals surface area contributed by atoms with Gasteiger partial charge in [-0.3, -0.25) is 10.2 Å². The van der Waals surface area contributed by atoms with Gasteiger partial charge in [-0.2, -0.15) is 10.2 Å². The predicted molar refractivity (Wildman–Crippen MR) is 87.7 cm³/mol. The van der Waals surface area contributed by atoms with Crippen molar-refractivity contribution in [1.82, 2.24) is 20.4 Å². The SMILES string of the molecule is Cc1[nH]ncc1C(Nc1ccc2[nH]ncc2c1)C1=CCCC1. The van der Waals surface area contributed by atoms with Crippen LogP contribution in [0, 0.1) is 6.92 Å². The second-order valence-electron chi connectivity index (χ2n) is 5.87. The molecule has 0 radical (unpaired) electrons. The number of nitrogens with zero attached hydrogens (tertiary/aromatic N) is 2. The molecule has 0 fully saturated rings. The van der Waals surface area contributed by atoms with Crippen molar-refractivity contribution in [2.24, 2.45) is 0 Å². The Morgan fingerprint density at radius 1 is 1.18 bits per heavy atom. The van der Waals surface area contributed by atoms with E-state index in [0.29, 0.717) is 0 Å². The fourth-order valence-electron chi connectivity index (χ4n) is 3.18. The van der Waals surface area contributed by atoms with E-state index in [1.54, 1.807) is 0 Å². The van der Waals surface area contributed by atoms with Crippen LogP contribution in [-0.2, 0) is 0 Å². The summed E-state index contributed by atoms with van der Waals surface area (Å²) in [7, 11) is 0. The molecule has 4 rings (SSSR count). The molecule has 22 heavy (non-hydrogen) atoms. The van der Waals surface area contributed by atoms with Crippen LogP contribution in [0.1, 0.15) is 36.6 Å². The topological polar surface area (TPSA) is 69.4 Å². The third-order valence-corrected chi connectivity index (χ3v) is 4.38. The van der Waals surface area contributed by atoms with Gasteiger partial charge >= 0.3 is 0 Å². The first-order valence-corrected chi connectivity index (χ1v) is 7.70. The maximum atomic E-state index is 4.19. The average molecular weight is 293 g/mol. The minimum absolute atomic E-state index is 0.186. The van der Waals surface area contributed by atoms with Crippen molar-refractivity contribution < 1.29 is 0 Å². The van der Waals surface area contributed by atoms with Crippen LogP contribution >= 0.6 is 0 Å². The van der Waals surface area contributed by atoms with Gasteiger partial charge < -0.3 is 5.32 Å². The quantitative estimate of drug-likeness (QED) is 0.640. The average Bonchev–Trinajstić information content (AvgIpc) is 3.26. The Morgan fingerprint density at radius 2 is 2.09 bits per heavy atom. The van der Waals surface area contributed by atoms with Crippen LogP contribution in [0.4, 0.5) is 5.69 Å². The summed E-state index contributed by atoms with van der Waals surface area (Å²) < 4.78 is 0. The van der Waals surface area contributed by atoms with E-state index in [0.717, 1.165) is 28.7 Å². The molecule has 0 saturated heterocycles. The van der Waals surface area contributed by atoms with Gasteiger partial charge in [-0.25, -0.2) is 0 Å². The highest BCUT2D eigenvalue weighted by molar-refractivity contribution is 5.81. The van der Waals surface area contributed by atoms with Gasteiger partial charge in [0.2, 0.25) is 0 Å². The van der Waals surface area contributed by atoms with Crippen LogP contribution in [-0.4, -0.2) is 20.4 Å². The highest BCUT2D eigenvalue weighted by Crippen LogP contribution is 2.34. The fourth-order valence-corrected chi connectivity index (χ4v) is 3.18. The standard InChI is InChI=1S/C17H19N5/c1-11-15(10-19-21-11)17(12-4-2-3-5-12)20-14-6-7-16-13(8-14)9-18-22-16/h4,6-10,17,20H,2-3,5H2,1H3,(H,18,22)(H,19,21). The zero-order chi connectivity index (χ0) is 14.9. The van der Waals surface area contributed by atoms with Crippen LogP contribution in [0.5, 0.6) is 0 Å². The van der Waals surface area contributed by atoms with E-state index < -0.39 is 0 Å². The molecule has 3 N–H and O–H groups in total. The molecule has 0 bridgehead atoms. The van der Waals surface area contributed by atoms with E-state index in [4.69, 9.17) is 0 Å². The highest BCUT2D eigenvalue weighted by Gasteiger charge is 2.22. The Kier molecular flexibility index (Phi) is 3.18. The number of rotatable bonds is 4. The minimum atomic E-state index is 0.186. The van der Waals surface area contributed by atoms with Crippen molar-refractivity contribution in [2.45, 2.75) is 32.2 Å². The number of anilines is 1. The van der Waals surface area contributed by atoms with Gasteiger partial charge in [-0.15, -0.1) is 0 Å². The van der Waals surface area contributed by atoms with E-state index in [-0.39, 0.29) is 6.04 Å². The largest absolute Gasteiger partial charge is 0.374 e. The summed E-state index contributed by atoms with van der Waals surface area (Å²) in [5, 5.41) is 19.1. The lowest BCUT2D eigenvalue weighted by molar-refractivity contribution is 0.818. The van der Waals surface area contributed by atoms with E-state index >= 15 is 0 Å². The molecule has 5 nitrogen and oxygen atoms in total. The second kappa shape index (κ2) is 5.33. The molecular weight excluding hydrogens is 274 g/mol. The van der Waals surface area contributed by atoms with Gasteiger partial charge in [-0.1, -0.05) is 6.08 Å². The number of aryl methyl sites for hydroxylation is 1. The molecule has 0 aliphatic heterocycles. The van der Waals surface area contributed by atoms with Crippen molar-refractivity contribution >= 4 is 16.6 Å². The van der Waals surface area contributed by atoms with Gasteiger partial charge in [-0.05, 0) is 50.0 Å². The molecule has 0 saturated carbocycles. The maximum absolute atomic E-state index is 4.19. The summed E-state index contributed by atoms with van der Waals surface area (Å²) in [6, 6.07) is 6.48. The predicted octanol–water partition coefficient (Wildman–Crippen LogP) is 3.86. The zero-order valence-electron chi connectivity index (χ0n) is 12.6. The van der Waals surface area contributed by atoms with Crippen molar-refractivity contribution in [3.8, 4) is 0 Å². The van der Waals surface area contributed by atoms with Crippen LogP contribution in [0.2, 0.25) is 0 Å². The third kappa shape index (κ3) is 2.28. The summed E-state index contributed by atoms with van der Waals surface area (Å²) in [5.74, 6) is 0. The second-order valence-corrected chi connectivity index (χ2v) is 5.87. The van der Waals surface area contributed by atoms with Crippen LogP contribution < -0.4 is 5.32 Å². The fraction of sp³-hybridized carbons (Fsp3) is 0.294. The Hall–Kier alpha value is -2.56. The number of fused-ring (bicyclic) bond motifs is 1. The zero-order valence-corrected chi connectivity index (χ0v) is 12.6. The first-order chi connectivity index (χ1) is 10.8. The molecule has 1 atom stereocenters. The van der Waals surface area contributed by atoms with Crippen molar-refractivity contribution in [3.63, 3.8) is 0 Å². The Labute approximate surface area is 128 Å². The number of aromatic amines is 2. The van der Waals surface area contributed by atoms with Crippen LogP contribution in [0.3, 0.4) is 0 Å². The number of allylic oxidation sites excluding steroid dienone is 1. The van der Waals surface area contributed by atoms with Crippen molar-refractivity contribution in [1.29, 1.82) is 0 Å². The summed E-state index contributed by atoms with van der Waals surface area (Å²) in [6.45, 7) is 2.08. The number of benzene rings is 1. The minimum Gasteiger partial charge on any atom is -0.374 e. The molecule has 0 amide bonds. The van der Waals surface area contributed by atoms with Crippen LogP contribution in [0.25, 0.3) is 10.9 Å². The monoisotopic (exact) mass is 293 g/mol. The summed E-state index contributed by atoms with van der Waals surface area (Å²) in [6.07, 6.45) is 9.71.